The molecular formula is C41H60N2. The first-order valence-electron chi connectivity index (χ1n) is 17.2. The maximum absolute atomic E-state index is 4.57. The third-order valence-electron chi connectivity index (χ3n) is 9.37. The molecule has 2 heteroatoms. The summed E-state index contributed by atoms with van der Waals surface area (Å²) in [5.41, 5.74) is 8.40. The molecule has 2 aliphatic rings. The summed E-state index contributed by atoms with van der Waals surface area (Å²) in [7, 11) is 0. The molecule has 234 valence electrons. The first kappa shape index (κ1) is 34.5. The van der Waals surface area contributed by atoms with Crippen LogP contribution in [0.1, 0.15) is 121 Å². The zero-order valence-corrected chi connectivity index (χ0v) is 27.7. The fourth-order valence-electron chi connectivity index (χ4n) is 6.87. The molecule has 0 N–H and O–H groups in total. The molecule has 2 fully saturated rings. The van der Waals surface area contributed by atoms with Crippen LogP contribution in [-0.4, -0.2) is 28.4 Å². The van der Waals surface area contributed by atoms with E-state index in [-0.39, 0.29) is 0 Å². The Bertz CT molecular complexity index is 1130. The van der Waals surface area contributed by atoms with Crippen LogP contribution in [0.3, 0.4) is 0 Å². The summed E-state index contributed by atoms with van der Waals surface area (Å²) in [6, 6.07) is 9.98. The molecule has 2 heterocycles. The highest BCUT2D eigenvalue weighted by Gasteiger charge is 2.39. The first-order chi connectivity index (χ1) is 20.9. The zero-order valence-electron chi connectivity index (χ0n) is 27.7. The average molecular weight is 581 g/mol. The molecule has 3 rings (SSSR count). The Morgan fingerprint density at radius 2 is 1.51 bits per heavy atom. The van der Waals surface area contributed by atoms with Crippen LogP contribution in [-0.2, 0) is 6.42 Å². The van der Waals surface area contributed by atoms with Crippen LogP contribution in [0.5, 0.6) is 0 Å². The van der Waals surface area contributed by atoms with Crippen molar-refractivity contribution in [1.29, 1.82) is 0 Å². The van der Waals surface area contributed by atoms with Gasteiger partial charge in [-0.25, -0.2) is 0 Å². The van der Waals surface area contributed by atoms with Crippen LogP contribution in [0.25, 0.3) is 5.57 Å². The minimum Gasteiger partial charge on any atom is -0.363 e. The fraction of sp³-hybridized carbons (Fsp3) is 0.512. The molecule has 1 aromatic rings. The number of piperazine rings is 1. The molecule has 0 aromatic heterocycles. The Morgan fingerprint density at radius 3 is 2.12 bits per heavy atom. The lowest BCUT2D eigenvalue weighted by Crippen LogP contribution is -2.47. The van der Waals surface area contributed by atoms with Crippen LogP contribution in [0.4, 0.5) is 0 Å². The monoisotopic (exact) mass is 580 g/mol. The number of hydrogen-bond donors (Lipinski definition) is 0. The Hall–Kier alpha value is -3.00. The van der Waals surface area contributed by atoms with E-state index in [0.717, 1.165) is 42.8 Å². The minimum atomic E-state index is 0.507. The quantitative estimate of drug-likeness (QED) is 0.0859. The van der Waals surface area contributed by atoms with Crippen molar-refractivity contribution in [1.82, 2.24) is 9.80 Å². The Kier molecular flexibility index (Phi) is 14.9. The van der Waals surface area contributed by atoms with Gasteiger partial charge in [0.15, 0.2) is 0 Å². The zero-order chi connectivity index (χ0) is 31.0. The maximum Gasteiger partial charge on any atom is 0.0674 e. The van der Waals surface area contributed by atoms with E-state index in [1.54, 1.807) is 0 Å². The van der Waals surface area contributed by atoms with E-state index in [2.05, 4.69) is 87.0 Å². The fourth-order valence-corrected chi connectivity index (χ4v) is 6.87. The van der Waals surface area contributed by atoms with Crippen LogP contribution >= 0.6 is 0 Å². The van der Waals surface area contributed by atoms with Gasteiger partial charge in [0.25, 0.3) is 0 Å². The lowest BCUT2D eigenvalue weighted by Gasteiger charge is -2.44. The average Bonchev–Trinajstić information content (AvgIpc) is 3.38. The van der Waals surface area contributed by atoms with Crippen molar-refractivity contribution >= 4 is 5.57 Å². The van der Waals surface area contributed by atoms with E-state index in [1.165, 1.54) is 106 Å². The smallest absolute Gasteiger partial charge is 0.0674 e. The summed E-state index contributed by atoms with van der Waals surface area (Å²) in [4.78, 5) is 4.87. The second-order valence-electron chi connectivity index (χ2n) is 12.9. The van der Waals surface area contributed by atoms with E-state index in [1.807, 2.05) is 18.2 Å². The van der Waals surface area contributed by atoms with Crippen molar-refractivity contribution in [3.8, 4) is 0 Å². The summed E-state index contributed by atoms with van der Waals surface area (Å²) in [5.74, 6) is 0. The SMILES string of the molecule is C=C/C=C/N1CC2CCC(C)N2C(=C)/C1=C(/C=C)CC(=C)c1ccc(CC(=C)CCCCCCCCCCCCC)cc1. The molecule has 0 amide bonds. The summed E-state index contributed by atoms with van der Waals surface area (Å²) in [6.07, 6.45) is 28.5. The minimum absolute atomic E-state index is 0.507. The highest BCUT2D eigenvalue weighted by molar-refractivity contribution is 5.67. The second-order valence-corrected chi connectivity index (χ2v) is 12.9. The first-order valence-corrected chi connectivity index (χ1v) is 17.2. The van der Waals surface area contributed by atoms with Crippen molar-refractivity contribution in [2.45, 2.75) is 129 Å². The topological polar surface area (TPSA) is 6.48 Å². The van der Waals surface area contributed by atoms with E-state index < -0.39 is 0 Å². The highest BCUT2D eigenvalue weighted by atomic mass is 15.3. The number of rotatable bonds is 20. The van der Waals surface area contributed by atoms with Crippen LogP contribution < -0.4 is 0 Å². The molecule has 0 bridgehead atoms. The van der Waals surface area contributed by atoms with Gasteiger partial charge in [0.05, 0.1) is 11.4 Å². The third kappa shape index (κ3) is 10.6. The van der Waals surface area contributed by atoms with Gasteiger partial charge >= 0.3 is 0 Å². The summed E-state index contributed by atoms with van der Waals surface area (Å²) in [6.45, 7) is 27.1. The number of hydrogen-bond acceptors (Lipinski definition) is 2. The predicted octanol–water partition coefficient (Wildman–Crippen LogP) is 11.7. The summed E-state index contributed by atoms with van der Waals surface area (Å²) < 4.78 is 0. The normalized spacial score (nSPS) is 19.5. The number of allylic oxidation sites excluding steroid dienone is 6. The van der Waals surface area contributed by atoms with E-state index in [0.29, 0.717) is 12.1 Å². The van der Waals surface area contributed by atoms with Gasteiger partial charge in [0, 0.05) is 24.8 Å². The molecule has 1 aromatic carbocycles. The van der Waals surface area contributed by atoms with Crippen molar-refractivity contribution in [2.24, 2.45) is 0 Å². The van der Waals surface area contributed by atoms with Crippen LogP contribution in [0.2, 0.25) is 0 Å². The molecular weight excluding hydrogens is 520 g/mol. The Balaban J connectivity index is 1.49. The molecule has 0 radical (unpaired) electrons. The number of fused-ring (bicyclic) bond motifs is 1. The maximum atomic E-state index is 4.57. The largest absolute Gasteiger partial charge is 0.363 e. The molecule has 2 unspecified atom stereocenters. The molecule has 0 saturated carbocycles. The third-order valence-corrected chi connectivity index (χ3v) is 9.37. The van der Waals surface area contributed by atoms with Gasteiger partial charge in [-0.2, -0.15) is 0 Å². The van der Waals surface area contributed by atoms with Gasteiger partial charge < -0.3 is 9.80 Å². The van der Waals surface area contributed by atoms with E-state index >= 15 is 0 Å². The van der Waals surface area contributed by atoms with Crippen LogP contribution in [0.15, 0.2) is 104 Å². The Morgan fingerprint density at radius 1 is 0.884 bits per heavy atom. The van der Waals surface area contributed by atoms with Gasteiger partial charge in [-0.05, 0) is 73.8 Å². The number of nitrogens with zero attached hydrogens (tertiary/aromatic N) is 2. The lowest BCUT2D eigenvalue weighted by atomic mass is 9.94. The molecule has 43 heavy (non-hydrogen) atoms. The second kappa shape index (κ2) is 18.6. The van der Waals surface area contributed by atoms with Gasteiger partial charge in [0.1, 0.15) is 0 Å². The lowest BCUT2D eigenvalue weighted by molar-refractivity contribution is 0.189. The summed E-state index contributed by atoms with van der Waals surface area (Å²) >= 11 is 0. The standard InChI is InChI=1S/C41H60N2/c1-8-11-13-14-15-16-17-18-19-20-21-22-33(4)30-37-24-26-39(27-25-37)34(5)31-38(10-3)41-36(7)43-35(6)23-28-40(43)32-42(41)29-12-9-2/h9-10,12,24-27,29,35,40H,2-5,7-8,11,13-23,28,30-32H2,1,6H3/b29-12+,41-38+. The van der Waals surface area contributed by atoms with Gasteiger partial charge in [0.2, 0.25) is 0 Å². The predicted molar refractivity (Wildman–Crippen MR) is 191 cm³/mol. The molecule has 2 aliphatic heterocycles. The van der Waals surface area contributed by atoms with Crippen molar-refractivity contribution in [3.63, 3.8) is 0 Å². The highest BCUT2D eigenvalue weighted by Crippen LogP contribution is 2.40. The van der Waals surface area contributed by atoms with Crippen LogP contribution in [0, 0.1) is 0 Å². The summed E-state index contributed by atoms with van der Waals surface area (Å²) in [5, 5.41) is 0. The number of benzene rings is 1. The number of unbranched alkanes of at least 4 members (excludes halogenated alkanes) is 10. The van der Waals surface area contributed by atoms with Crippen molar-refractivity contribution < 1.29 is 0 Å². The molecule has 0 spiro atoms. The van der Waals surface area contributed by atoms with Gasteiger partial charge in [-0.15, -0.1) is 0 Å². The van der Waals surface area contributed by atoms with E-state index in [9.17, 15) is 0 Å². The van der Waals surface area contributed by atoms with Gasteiger partial charge in [-0.1, -0.05) is 146 Å². The van der Waals surface area contributed by atoms with Crippen molar-refractivity contribution in [2.75, 3.05) is 6.54 Å². The molecule has 0 aliphatic carbocycles. The van der Waals surface area contributed by atoms with Crippen molar-refractivity contribution in [3.05, 3.63) is 115 Å². The Labute approximate surface area is 265 Å². The van der Waals surface area contributed by atoms with E-state index in [4.69, 9.17) is 0 Å². The molecule has 2 saturated heterocycles. The molecule has 2 atom stereocenters. The molecule has 2 nitrogen and oxygen atoms in total. The van der Waals surface area contributed by atoms with Gasteiger partial charge in [-0.3, -0.25) is 0 Å².